The molecule has 0 saturated carbocycles. The van der Waals surface area contributed by atoms with Crippen molar-refractivity contribution < 1.29 is 8.42 Å². The normalized spacial score (nSPS) is 11.2. The third-order valence-corrected chi connectivity index (χ3v) is 4.96. The number of sulfonamides is 1. The van der Waals surface area contributed by atoms with Crippen LogP contribution in [0.4, 0.5) is 11.5 Å². The molecule has 0 amide bonds. The van der Waals surface area contributed by atoms with Crippen LogP contribution in [0.2, 0.25) is 5.02 Å². The molecule has 0 fully saturated rings. The van der Waals surface area contributed by atoms with E-state index in [0.717, 1.165) is 3.57 Å². The first-order valence-electron chi connectivity index (χ1n) is 5.54. The minimum atomic E-state index is -3.66. The molecule has 8 heteroatoms. The van der Waals surface area contributed by atoms with Crippen molar-refractivity contribution >= 4 is 55.7 Å². The highest BCUT2D eigenvalue weighted by atomic mass is 127. The maximum absolute atomic E-state index is 12.3. The Morgan fingerprint density at radius 1 is 1.25 bits per heavy atom. The molecule has 0 unspecified atom stereocenters. The number of aromatic nitrogens is 1. The maximum Gasteiger partial charge on any atom is 0.262 e. The van der Waals surface area contributed by atoms with Crippen LogP contribution in [0.25, 0.3) is 0 Å². The Labute approximate surface area is 135 Å². The Bertz CT molecular complexity index is 737. The fraction of sp³-hybridized carbons (Fsp3) is 0.0833. The predicted molar refractivity (Wildman–Crippen MR) is 88.8 cm³/mol. The van der Waals surface area contributed by atoms with Gasteiger partial charge < -0.3 is 5.32 Å². The summed E-state index contributed by atoms with van der Waals surface area (Å²) in [5, 5.41) is 3.35. The van der Waals surface area contributed by atoms with Crippen LogP contribution >= 0.6 is 34.2 Å². The summed E-state index contributed by atoms with van der Waals surface area (Å²) in [6.45, 7) is 0. The molecule has 0 aliphatic carbocycles. The van der Waals surface area contributed by atoms with E-state index in [4.69, 9.17) is 11.6 Å². The van der Waals surface area contributed by atoms with Crippen LogP contribution in [0.3, 0.4) is 0 Å². The Morgan fingerprint density at radius 2 is 2.00 bits per heavy atom. The van der Waals surface area contributed by atoms with Gasteiger partial charge in [0.25, 0.3) is 10.0 Å². The van der Waals surface area contributed by atoms with Crippen molar-refractivity contribution in [1.29, 1.82) is 0 Å². The van der Waals surface area contributed by atoms with Gasteiger partial charge in [-0.05, 0) is 46.9 Å². The minimum Gasteiger partial charge on any atom is -0.373 e. The molecule has 0 bridgehead atoms. The second-order valence-corrected chi connectivity index (χ2v) is 7.14. The number of nitrogens with one attached hydrogen (secondary N) is 2. The van der Waals surface area contributed by atoms with Gasteiger partial charge in [0.05, 0.1) is 10.6 Å². The molecule has 0 atom stereocenters. The van der Waals surface area contributed by atoms with Crippen LogP contribution in [0.5, 0.6) is 0 Å². The van der Waals surface area contributed by atoms with Crippen molar-refractivity contribution in [2.24, 2.45) is 0 Å². The van der Waals surface area contributed by atoms with Gasteiger partial charge in [-0.1, -0.05) is 11.6 Å². The topological polar surface area (TPSA) is 71.1 Å². The molecular formula is C12H11ClIN3O2S. The lowest BCUT2D eigenvalue weighted by Gasteiger charge is -2.10. The van der Waals surface area contributed by atoms with E-state index < -0.39 is 10.0 Å². The summed E-state index contributed by atoms with van der Waals surface area (Å²) in [7, 11) is -1.98. The zero-order valence-corrected chi connectivity index (χ0v) is 14.1. The highest BCUT2D eigenvalue weighted by Gasteiger charge is 2.16. The highest BCUT2D eigenvalue weighted by Crippen LogP contribution is 2.25. The SMILES string of the molecule is CNc1cc(S(=O)(=O)Nc2ccc(Cl)cc2I)ccn1. The molecular weight excluding hydrogens is 413 g/mol. The quantitative estimate of drug-likeness (QED) is 0.741. The van der Waals surface area contributed by atoms with Gasteiger partial charge in [-0.3, -0.25) is 4.72 Å². The first-order valence-corrected chi connectivity index (χ1v) is 8.48. The van der Waals surface area contributed by atoms with Gasteiger partial charge in [0, 0.05) is 27.9 Å². The minimum absolute atomic E-state index is 0.141. The van der Waals surface area contributed by atoms with Crippen LogP contribution in [-0.4, -0.2) is 20.4 Å². The largest absolute Gasteiger partial charge is 0.373 e. The van der Waals surface area contributed by atoms with Crippen LogP contribution < -0.4 is 10.0 Å². The summed E-state index contributed by atoms with van der Waals surface area (Å²) in [6, 6.07) is 7.84. The van der Waals surface area contributed by atoms with E-state index in [1.54, 1.807) is 25.2 Å². The van der Waals surface area contributed by atoms with Gasteiger partial charge in [0.1, 0.15) is 5.82 Å². The van der Waals surface area contributed by atoms with Crippen molar-refractivity contribution in [3.05, 3.63) is 45.1 Å². The summed E-state index contributed by atoms with van der Waals surface area (Å²) >= 11 is 7.87. The zero-order valence-electron chi connectivity index (χ0n) is 10.4. The highest BCUT2D eigenvalue weighted by molar-refractivity contribution is 14.1. The standard InChI is InChI=1S/C12H11ClIN3O2S/c1-15-12-7-9(4-5-16-12)20(18,19)17-11-3-2-8(13)6-10(11)14/h2-7,17H,1H3,(H,15,16). The monoisotopic (exact) mass is 423 g/mol. The van der Waals surface area contributed by atoms with Crippen LogP contribution in [0, 0.1) is 3.57 Å². The molecule has 2 aromatic rings. The van der Waals surface area contributed by atoms with E-state index in [-0.39, 0.29) is 4.90 Å². The maximum atomic E-state index is 12.3. The van der Waals surface area contributed by atoms with E-state index in [0.29, 0.717) is 16.5 Å². The molecule has 0 saturated heterocycles. The molecule has 1 aromatic carbocycles. The number of benzene rings is 1. The van der Waals surface area contributed by atoms with Crippen LogP contribution in [0.1, 0.15) is 0 Å². The predicted octanol–water partition coefficient (Wildman–Crippen LogP) is 3.18. The van der Waals surface area contributed by atoms with Gasteiger partial charge in [-0.25, -0.2) is 13.4 Å². The second kappa shape index (κ2) is 6.15. The number of anilines is 2. The number of rotatable bonds is 4. The number of hydrogen-bond acceptors (Lipinski definition) is 4. The molecule has 1 aromatic heterocycles. The molecule has 0 aliphatic heterocycles. The van der Waals surface area contributed by atoms with Crippen molar-refractivity contribution in [1.82, 2.24) is 4.98 Å². The number of nitrogens with zero attached hydrogens (tertiary/aromatic N) is 1. The number of hydrogen-bond donors (Lipinski definition) is 2. The summed E-state index contributed by atoms with van der Waals surface area (Å²) in [4.78, 5) is 4.13. The van der Waals surface area contributed by atoms with E-state index in [2.05, 4.69) is 15.0 Å². The van der Waals surface area contributed by atoms with E-state index in [9.17, 15) is 8.42 Å². The van der Waals surface area contributed by atoms with Gasteiger partial charge in [-0.2, -0.15) is 0 Å². The average Bonchev–Trinajstić information content (AvgIpc) is 2.42. The third kappa shape index (κ3) is 3.53. The van der Waals surface area contributed by atoms with Gasteiger partial charge in [0.2, 0.25) is 0 Å². The van der Waals surface area contributed by atoms with Crippen molar-refractivity contribution in [2.75, 3.05) is 17.1 Å². The van der Waals surface area contributed by atoms with E-state index in [1.807, 2.05) is 22.6 Å². The first-order chi connectivity index (χ1) is 9.42. The number of halogens is 2. The lowest BCUT2D eigenvalue weighted by atomic mass is 10.3. The van der Waals surface area contributed by atoms with Crippen LogP contribution in [-0.2, 0) is 10.0 Å². The van der Waals surface area contributed by atoms with E-state index >= 15 is 0 Å². The molecule has 2 N–H and O–H groups in total. The summed E-state index contributed by atoms with van der Waals surface area (Å²) in [5.74, 6) is 0.485. The second-order valence-electron chi connectivity index (χ2n) is 3.86. The molecule has 0 spiro atoms. The smallest absolute Gasteiger partial charge is 0.262 e. The molecule has 1 heterocycles. The molecule has 5 nitrogen and oxygen atoms in total. The molecule has 106 valence electrons. The molecule has 2 rings (SSSR count). The fourth-order valence-electron chi connectivity index (χ4n) is 1.49. The number of pyridine rings is 1. The summed E-state index contributed by atoms with van der Waals surface area (Å²) in [5.41, 5.74) is 0.484. The third-order valence-electron chi connectivity index (χ3n) is 2.47. The van der Waals surface area contributed by atoms with Crippen molar-refractivity contribution in [3.8, 4) is 0 Å². The molecule has 20 heavy (non-hydrogen) atoms. The fourth-order valence-corrected chi connectivity index (χ4v) is 3.77. The summed E-state index contributed by atoms with van der Waals surface area (Å²) < 4.78 is 27.9. The first kappa shape index (κ1) is 15.3. The van der Waals surface area contributed by atoms with Crippen LogP contribution in [0.15, 0.2) is 41.4 Å². The van der Waals surface area contributed by atoms with Crippen molar-refractivity contribution in [2.45, 2.75) is 4.90 Å². The van der Waals surface area contributed by atoms with Gasteiger partial charge in [0.15, 0.2) is 0 Å². The zero-order chi connectivity index (χ0) is 14.8. The molecule has 0 aliphatic rings. The Morgan fingerprint density at radius 3 is 2.65 bits per heavy atom. The van der Waals surface area contributed by atoms with E-state index in [1.165, 1.54) is 18.3 Å². The van der Waals surface area contributed by atoms with Crippen molar-refractivity contribution in [3.63, 3.8) is 0 Å². The Kier molecular flexibility index (Phi) is 4.71. The summed E-state index contributed by atoms with van der Waals surface area (Å²) in [6.07, 6.45) is 1.44. The lowest BCUT2D eigenvalue weighted by molar-refractivity contribution is 0.601. The Hall–Kier alpha value is -1.06. The van der Waals surface area contributed by atoms with Gasteiger partial charge >= 0.3 is 0 Å². The lowest BCUT2D eigenvalue weighted by Crippen LogP contribution is -2.14. The Balaban J connectivity index is 2.35. The average molecular weight is 424 g/mol. The molecule has 0 radical (unpaired) electrons. The van der Waals surface area contributed by atoms with Gasteiger partial charge in [-0.15, -0.1) is 0 Å².